The van der Waals surface area contributed by atoms with Gasteiger partial charge in [-0.3, -0.25) is 4.90 Å². The first kappa shape index (κ1) is 18.3. The Morgan fingerprint density at radius 2 is 1.72 bits per heavy atom. The Morgan fingerprint density at radius 1 is 1.04 bits per heavy atom. The van der Waals surface area contributed by atoms with Crippen LogP contribution in [0.2, 0.25) is 5.02 Å². The zero-order chi connectivity index (χ0) is 18.0. The Bertz CT molecular complexity index is 852. The summed E-state index contributed by atoms with van der Waals surface area (Å²) in [4.78, 5) is 2.30. The lowest BCUT2D eigenvalue weighted by molar-refractivity contribution is 0.145. The Balaban J connectivity index is 1.70. The SMILES string of the molecule is C[C@H](c1cccc(F)c1)N1CCN(S(=O)(=O)c2ccccc2Cl)CC1. The van der Waals surface area contributed by atoms with E-state index in [4.69, 9.17) is 11.6 Å². The quantitative estimate of drug-likeness (QED) is 0.812. The van der Waals surface area contributed by atoms with Crippen molar-refractivity contribution in [3.63, 3.8) is 0 Å². The predicted molar refractivity (Wildman–Crippen MR) is 96.6 cm³/mol. The van der Waals surface area contributed by atoms with Crippen LogP contribution < -0.4 is 0 Å². The minimum absolute atomic E-state index is 0.0286. The molecule has 0 saturated carbocycles. The second kappa shape index (κ2) is 7.41. The summed E-state index contributed by atoms with van der Waals surface area (Å²) in [6.07, 6.45) is 0. The van der Waals surface area contributed by atoms with Crippen molar-refractivity contribution < 1.29 is 12.8 Å². The molecule has 0 aromatic heterocycles. The number of piperazine rings is 1. The predicted octanol–water partition coefficient (Wildman–Crippen LogP) is 3.55. The Morgan fingerprint density at radius 3 is 2.36 bits per heavy atom. The fourth-order valence-corrected chi connectivity index (χ4v) is 5.02. The molecular weight excluding hydrogens is 363 g/mol. The van der Waals surface area contributed by atoms with E-state index in [0.717, 1.165) is 5.56 Å². The largest absolute Gasteiger partial charge is 0.294 e. The summed E-state index contributed by atoms with van der Waals surface area (Å²) in [5.41, 5.74) is 0.891. The highest BCUT2D eigenvalue weighted by atomic mass is 35.5. The molecule has 2 aromatic carbocycles. The number of hydrogen-bond acceptors (Lipinski definition) is 3. The smallest absolute Gasteiger partial charge is 0.244 e. The first-order valence-electron chi connectivity index (χ1n) is 8.14. The van der Waals surface area contributed by atoms with Gasteiger partial charge in [0.1, 0.15) is 10.7 Å². The average molecular weight is 383 g/mol. The molecule has 1 saturated heterocycles. The lowest BCUT2D eigenvalue weighted by Crippen LogP contribution is -2.49. The van der Waals surface area contributed by atoms with Gasteiger partial charge in [-0.15, -0.1) is 0 Å². The molecular formula is C18H20ClFN2O2S. The van der Waals surface area contributed by atoms with E-state index in [1.165, 1.54) is 22.5 Å². The number of nitrogens with zero attached hydrogens (tertiary/aromatic N) is 2. The molecule has 7 heteroatoms. The van der Waals surface area contributed by atoms with Gasteiger partial charge in [0.05, 0.1) is 5.02 Å². The number of benzene rings is 2. The molecule has 0 amide bonds. The lowest BCUT2D eigenvalue weighted by atomic mass is 10.1. The number of rotatable bonds is 4. The molecule has 2 aromatic rings. The zero-order valence-corrected chi connectivity index (χ0v) is 15.5. The van der Waals surface area contributed by atoms with Crippen LogP contribution in [0.3, 0.4) is 0 Å². The van der Waals surface area contributed by atoms with Crippen LogP contribution >= 0.6 is 11.6 Å². The van der Waals surface area contributed by atoms with Gasteiger partial charge in [-0.2, -0.15) is 4.31 Å². The molecule has 0 aliphatic carbocycles. The monoisotopic (exact) mass is 382 g/mol. The van der Waals surface area contributed by atoms with Crippen LogP contribution in [-0.4, -0.2) is 43.8 Å². The van der Waals surface area contributed by atoms with E-state index in [1.807, 2.05) is 13.0 Å². The van der Waals surface area contributed by atoms with Crippen molar-refractivity contribution in [2.45, 2.75) is 17.9 Å². The second-order valence-electron chi connectivity index (χ2n) is 6.10. The van der Waals surface area contributed by atoms with Crippen molar-refractivity contribution >= 4 is 21.6 Å². The zero-order valence-electron chi connectivity index (χ0n) is 13.9. The summed E-state index contributed by atoms with van der Waals surface area (Å²) in [5, 5.41) is 0.234. The molecule has 0 radical (unpaired) electrons. The summed E-state index contributed by atoms with van der Waals surface area (Å²) in [6, 6.07) is 13.0. The fourth-order valence-electron chi connectivity index (χ4n) is 3.10. The van der Waals surface area contributed by atoms with Gasteiger partial charge in [0.25, 0.3) is 0 Å². The minimum Gasteiger partial charge on any atom is -0.294 e. The number of halogens is 2. The van der Waals surface area contributed by atoms with E-state index in [-0.39, 0.29) is 21.8 Å². The van der Waals surface area contributed by atoms with E-state index in [0.29, 0.717) is 26.2 Å². The van der Waals surface area contributed by atoms with Gasteiger partial charge in [-0.25, -0.2) is 12.8 Å². The van der Waals surface area contributed by atoms with Crippen molar-refractivity contribution in [2.75, 3.05) is 26.2 Å². The molecule has 1 aliphatic heterocycles. The van der Waals surface area contributed by atoms with Crippen molar-refractivity contribution in [3.8, 4) is 0 Å². The first-order valence-corrected chi connectivity index (χ1v) is 9.95. The van der Waals surface area contributed by atoms with Gasteiger partial charge < -0.3 is 0 Å². The van der Waals surface area contributed by atoms with Crippen molar-refractivity contribution in [1.29, 1.82) is 0 Å². The van der Waals surface area contributed by atoms with E-state index in [2.05, 4.69) is 4.90 Å². The highest BCUT2D eigenvalue weighted by molar-refractivity contribution is 7.89. The molecule has 1 fully saturated rings. The summed E-state index contributed by atoms with van der Waals surface area (Å²) in [5.74, 6) is -0.260. The van der Waals surface area contributed by atoms with Crippen LogP contribution in [0.25, 0.3) is 0 Å². The summed E-state index contributed by atoms with van der Waals surface area (Å²) >= 11 is 6.05. The normalized spacial score (nSPS) is 18.2. The molecule has 134 valence electrons. The average Bonchev–Trinajstić information content (AvgIpc) is 2.61. The van der Waals surface area contributed by atoms with Gasteiger partial charge in [0.15, 0.2) is 0 Å². The Labute approximate surface area is 152 Å². The van der Waals surface area contributed by atoms with Crippen LogP contribution in [0.15, 0.2) is 53.4 Å². The van der Waals surface area contributed by atoms with Gasteiger partial charge in [0.2, 0.25) is 10.0 Å². The van der Waals surface area contributed by atoms with E-state index < -0.39 is 10.0 Å². The highest BCUT2D eigenvalue weighted by Crippen LogP contribution is 2.27. The molecule has 0 unspecified atom stereocenters. The van der Waals surface area contributed by atoms with Crippen LogP contribution in [0.5, 0.6) is 0 Å². The van der Waals surface area contributed by atoms with Crippen LogP contribution in [0.4, 0.5) is 4.39 Å². The third kappa shape index (κ3) is 3.87. The Hall–Kier alpha value is -1.47. The Kier molecular flexibility index (Phi) is 5.43. The van der Waals surface area contributed by atoms with Crippen LogP contribution in [-0.2, 0) is 10.0 Å². The second-order valence-corrected chi connectivity index (χ2v) is 8.42. The fraction of sp³-hybridized carbons (Fsp3) is 0.333. The molecule has 1 aliphatic rings. The summed E-state index contributed by atoms with van der Waals surface area (Å²) in [7, 11) is -3.60. The van der Waals surface area contributed by atoms with Gasteiger partial charge >= 0.3 is 0 Å². The molecule has 0 N–H and O–H groups in total. The number of sulfonamides is 1. The third-order valence-electron chi connectivity index (χ3n) is 4.61. The lowest BCUT2D eigenvalue weighted by Gasteiger charge is -2.37. The molecule has 25 heavy (non-hydrogen) atoms. The van der Waals surface area contributed by atoms with Gasteiger partial charge in [0, 0.05) is 32.2 Å². The van der Waals surface area contributed by atoms with E-state index >= 15 is 0 Å². The first-order chi connectivity index (χ1) is 11.9. The van der Waals surface area contributed by atoms with Crippen molar-refractivity contribution in [1.82, 2.24) is 9.21 Å². The van der Waals surface area contributed by atoms with Crippen molar-refractivity contribution in [3.05, 3.63) is 64.9 Å². The minimum atomic E-state index is -3.60. The van der Waals surface area contributed by atoms with Crippen LogP contribution in [0, 0.1) is 5.82 Å². The molecule has 1 atom stereocenters. The highest BCUT2D eigenvalue weighted by Gasteiger charge is 2.31. The molecule has 0 bridgehead atoms. The summed E-state index contributed by atoms with van der Waals surface area (Å²) in [6.45, 7) is 3.94. The topological polar surface area (TPSA) is 40.6 Å². The van der Waals surface area contributed by atoms with E-state index in [1.54, 1.807) is 24.3 Å². The third-order valence-corrected chi connectivity index (χ3v) is 7.00. The van der Waals surface area contributed by atoms with E-state index in [9.17, 15) is 12.8 Å². The standard InChI is InChI=1S/C18H20ClFN2O2S/c1-14(15-5-4-6-16(20)13-15)21-9-11-22(12-10-21)25(23,24)18-8-3-2-7-17(18)19/h2-8,13-14H,9-12H2,1H3/t14-/m1/s1. The maximum absolute atomic E-state index is 13.4. The molecule has 4 nitrogen and oxygen atoms in total. The molecule has 3 rings (SSSR count). The van der Waals surface area contributed by atoms with Gasteiger partial charge in [-0.05, 0) is 36.8 Å². The molecule has 0 spiro atoms. The maximum atomic E-state index is 13.4. The van der Waals surface area contributed by atoms with Crippen molar-refractivity contribution in [2.24, 2.45) is 0 Å². The van der Waals surface area contributed by atoms with Crippen LogP contribution in [0.1, 0.15) is 18.5 Å². The van der Waals surface area contributed by atoms with Gasteiger partial charge in [-0.1, -0.05) is 35.9 Å². The summed E-state index contributed by atoms with van der Waals surface area (Å²) < 4.78 is 40.4. The maximum Gasteiger partial charge on any atom is 0.244 e. The molecule has 1 heterocycles. The number of hydrogen-bond donors (Lipinski definition) is 0.